The number of piperidine rings is 1. The van der Waals surface area contributed by atoms with Crippen LogP contribution in [0, 0.1) is 16.0 Å². The maximum absolute atomic E-state index is 10.9. The molecule has 19 heavy (non-hydrogen) atoms. The third kappa shape index (κ3) is 4.18. The van der Waals surface area contributed by atoms with Crippen molar-refractivity contribution in [2.75, 3.05) is 25.0 Å². The molecule has 6 heteroatoms. The average molecular weight is 328 g/mol. The van der Waals surface area contributed by atoms with Crippen LogP contribution >= 0.6 is 15.9 Å². The molecule has 0 spiro atoms. The first-order chi connectivity index (χ1) is 9.16. The summed E-state index contributed by atoms with van der Waals surface area (Å²) in [5.74, 6) is 0.722. The van der Waals surface area contributed by atoms with Gasteiger partial charge in [-0.15, -0.1) is 0 Å². The van der Waals surface area contributed by atoms with Gasteiger partial charge in [-0.3, -0.25) is 10.1 Å². The van der Waals surface area contributed by atoms with Crippen LogP contribution in [0.5, 0.6) is 0 Å². The second-order valence-corrected chi connectivity index (χ2v) is 5.74. The lowest BCUT2D eigenvalue weighted by Gasteiger charge is -2.22. The molecule has 1 aromatic rings. The van der Waals surface area contributed by atoms with Crippen LogP contribution in [0.2, 0.25) is 0 Å². The molecule has 2 N–H and O–H groups in total. The van der Waals surface area contributed by atoms with E-state index in [9.17, 15) is 10.1 Å². The molecule has 0 unspecified atom stereocenters. The molecule has 1 aromatic carbocycles. The Kier molecular flexibility index (Phi) is 5.15. The lowest BCUT2D eigenvalue weighted by Crippen LogP contribution is -2.28. The van der Waals surface area contributed by atoms with Gasteiger partial charge in [-0.1, -0.05) is 15.9 Å². The van der Waals surface area contributed by atoms with Gasteiger partial charge in [0.15, 0.2) is 0 Å². The summed E-state index contributed by atoms with van der Waals surface area (Å²) in [7, 11) is 0. The van der Waals surface area contributed by atoms with Crippen molar-refractivity contribution in [3.63, 3.8) is 0 Å². The molecule has 1 saturated heterocycles. The fourth-order valence-corrected chi connectivity index (χ4v) is 2.75. The second-order valence-electron chi connectivity index (χ2n) is 4.83. The van der Waals surface area contributed by atoms with E-state index in [0.29, 0.717) is 5.69 Å². The van der Waals surface area contributed by atoms with Crippen LogP contribution in [-0.2, 0) is 0 Å². The summed E-state index contributed by atoms with van der Waals surface area (Å²) >= 11 is 3.34. The van der Waals surface area contributed by atoms with Gasteiger partial charge in [0.05, 0.1) is 4.92 Å². The lowest BCUT2D eigenvalue weighted by atomic mass is 9.95. The summed E-state index contributed by atoms with van der Waals surface area (Å²) in [6.07, 6.45) is 3.45. The summed E-state index contributed by atoms with van der Waals surface area (Å²) in [4.78, 5) is 10.6. The molecule has 0 atom stereocenters. The third-order valence-electron chi connectivity index (χ3n) is 3.48. The van der Waals surface area contributed by atoms with Crippen LogP contribution in [0.1, 0.15) is 19.3 Å². The molecule has 0 bridgehead atoms. The van der Waals surface area contributed by atoms with Gasteiger partial charge in [0, 0.05) is 17.1 Å². The van der Waals surface area contributed by atoms with E-state index < -0.39 is 0 Å². The van der Waals surface area contributed by atoms with Gasteiger partial charge < -0.3 is 10.6 Å². The van der Waals surface area contributed by atoms with Gasteiger partial charge in [-0.25, -0.2) is 0 Å². The molecule has 2 rings (SSSR count). The van der Waals surface area contributed by atoms with Crippen molar-refractivity contribution in [3.8, 4) is 0 Å². The largest absolute Gasteiger partial charge is 0.379 e. The van der Waals surface area contributed by atoms with E-state index >= 15 is 0 Å². The molecule has 1 aliphatic heterocycles. The average Bonchev–Trinajstić information content (AvgIpc) is 2.39. The number of nitro groups is 1. The molecule has 1 aliphatic rings. The van der Waals surface area contributed by atoms with Crippen LogP contribution in [0.25, 0.3) is 0 Å². The molecule has 0 radical (unpaired) electrons. The molecule has 104 valence electrons. The predicted octanol–water partition coefficient (Wildman–Crippen LogP) is 3.16. The summed E-state index contributed by atoms with van der Waals surface area (Å²) < 4.78 is 0.850. The zero-order chi connectivity index (χ0) is 13.7. The van der Waals surface area contributed by atoms with Crippen molar-refractivity contribution in [1.29, 1.82) is 0 Å². The van der Waals surface area contributed by atoms with Crippen LogP contribution in [0.4, 0.5) is 11.4 Å². The summed E-state index contributed by atoms with van der Waals surface area (Å²) in [5, 5.41) is 17.5. The maximum atomic E-state index is 10.9. The summed E-state index contributed by atoms with van der Waals surface area (Å²) in [5.41, 5.74) is 0.724. The van der Waals surface area contributed by atoms with Crippen LogP contribution in [0.3, 0.4) is 0 Å². The zero-order valence-electron chi connectivity index (χ0n) is 10.7. The minimum atomic E-state index is -0.348. The number of nitrogens with zero attached hydrogens (tertiary/aromatic N) is 1. The van der Waals surface area contributed by atoms with Crippen molar-refractivity contribution < 1.29 is 4.92 Å². The van der Waals surface area contributed by atoms with Crippen LogP contribution in [0.15, 0.2) is 22.7 Å². The van der Waals surface area contributed by atoms with E-state index in [0.717, 1.165) is 36.4 Å². The van der Waals surface area contributed by atoms with Crippen molar-refractivity contribution >= 4 is 27.3 Å². The van der Waals surface area contributed by atoms with Gasteiger partial charge in [-0.2, -0.15) is 0 Å². The van der Waals surface area contributed by atoms with E-state index in [1.807, 2.05) is 0 Å². The second kappa shape index (κ2) is 6.86. The third-order valence-corrected chi connectivity index (χ3v) is 3.98. The number of rotatable bonds is 5. The van der Waals surface area contributed by atoms with Gasteiger partial charge in [-0.05, 0) is 50.4 Å². The van der Waals surface area contributed by atoms with E-state index in [4.69, 9.17) is 0 Å². The van der Waals surface area contributed by atoms with E-state index in [-0.39, 0.29) is 10.6 Å². The highest BCUT2D eigenvalue weighted by Gasteiger charge is 2.15. The minimum Gasteiger partial charge on any atom is -0.379 e. The standard InChI is InChI=1S/C13H18BrN3O2/c14-11-1-2-13(17(18)19)12(9-11)16-8-5-10-3-6-15-7-4-10/h1-2,9-10,15-16H,3-8H2. The van der Waals surface area contributed by atoms with Crippen molar-refractivity contribution in [2.24, 2.45) is 5.92 Å². The Morgan fingerprint density at radius 2 is 2.16 bits per heavy atom. The number of nitrogens with one attached hydrogen (secondary N) is 2. The fourth-order valence-electron chi connectivity index (χ4n) is 2.39. The van der Waals surface area contributed by atoms with Gasteiger partial charge >= 0.3 is 0 Å². The highest BCUT2D eigenvalue weighted by molar-refractivity contribution is 9.10. The summed E-state index contributed by atoms with van der Waals surface area (Å²) in [6, 6.07) is 4.98. The number of hydrogen-bond acceptors (Lipinski definition) is 4. The van der Waals surface area contributed by atoms with E-state index in [1.54, 1.807) is 12.1 Å². The quantitative estimate of drug-likeness (QED) is 0.644. The maximum Gasteiger partial charge on any atom is 0.292 e. The van der Waals surface area contributed by atoms with Gasteiger partial charge in [0.25, 0.3) is 5.69 Å². The highest BCUT2D eigenvalue weighted by atomic mass is 79.9. The lowest BCUT2D eigenvalue weighted by molar-refractivity contribution is -0.384. The SMILES string of the molecule is O=[N+]([O-])c1ccc(Br)cc1NCCC1CCNCC1. The molecule has 0 amide bonds. The Labute approximate surface area is 121 Å². The van der Waals surface area contributed by atoms with E-state index in [1.165, 1.54) is 18.9 Å². The number of halogens is 1. The number of anilines is 1. The molecule has 1 fully saturated rings. The molecule has 0 aromatic heterocycles. The Bertz CT molecular complexity index is 448. The minimum absolute atomic E-state index is 0.133. The highest BCUT2D eigenvalue weighted by Crippen LogP contribution is 2.28. The first-order valence-electron chi connectivity index (χ1n) is 6.55. The monoisotopic (exact) mass is 327 g/mol. The fraction of sp³-hybridized carbons (Fsp3) is 0.538. The summed E-state index contributed by atoms with van der Waals surface area (Å²) in [6.45, 7) is 2.95. The van der Waals surface area contributed by atoms with Crippen molar-refractivity contribution in [1.82, 2.24) is 5.32 Å². The Balaban J connectivity index is 1.91. The van der Waals surface area contributed by atoms with Crippen molar-refractivity contribution in [3.05, 3.63) is 32.8 Å². The van der Waals surface area contributed by atoms with E-state index in [2.05, 4.69) is 26.6 Å². The topological polar surface area (TPSA) is 67.2 Å². The molecular weight excluding hydrogens is 310 g/mol. The van der Waals surface area contributed by atoms with Crippen LogP contribution < -0.4 is 10.6 Å². The first-order valence-corrected chi connectivity index (χ1v) is 7.34. The molecule has 1 heterocycles. The predicted molar refractivity (Wildman–Crippen MR) is 79.5 cm³/mol. The molecular formula is C13H18BrN3O2. The molecule has 0 saturated carbocycles. The smallest absolute Gasteiger partial charge is 0.292 e. The number of nitro benzene ring substituents is 1. The first kappa shape index (κ1) is 14.3. The number of hydrogen-bond donors (Lipinski definition) is 2. The van der Waals surface area contributed by atoms with Crippen molar-refractivity contribution in [2.45, 2.75) is 19.3 Å². The van der Waals surface area contributed by atoms with Gasteiger partial charge in [0.2, 0.25) is 0 Å². The molecule has 0 aliphatic carbocycles. The molecule has 5 nitrogen and oxygen atoms in total. The zero-order valence-corrected chi connectivity index (χ0v) is 12.3. The van der Waals surface area contributed by atoms with Crippen LogP contribution in [-0.4, -0.2) is 24.6 Å². The Morgan fingerprint density at radius 3 is 2.84 bits per heavy atom. The normalized spacial score (nSPS) is 16.3. The number of benzene rings is 1. The Hall–Kier alpha value is -1.14. The Morgan fingerprint density at radius 1 is 1.42 bits per heavy atom. The van der Waals surface area contributed by atoms with Gasteiger partial charge in [0.1, 0.15) is 5.69 Å².